The van der Waals surface area contributed by atoms with Gasteiger partial charge in [0.2, 0.25) is 0 Å². The molecular weight excluding hydrogens is 342 g/mol. The monoisotopic (exact) mass is 367 g/mol. The molecular formula is C13H25NO3S3Si. The van der Waals surface area contributed by atoms with E-state index in [-0.39, 0.29) is 0 Å². The molecule has 0 radical (unpaired) electrons. The Balaban J connectivity index is 2.08. The van der Waals surface area contributed by atoms with Crippen molar-refractivity contribution in [3.05, 3.63) is 17.0 Å². The Morgan fingerprint density at radius 2 is 1.95 bits per heavy atom. The third-order valence-electron chi connectivity index (χ3n) is 2.94. The molecule has 2 N–H and O–H groups in total. The summed E-state index contributed by atoms with van der Waals surface area (Å²) in [4.78, 5) is 1.47. The second kappa shape index (κ2) is 8.69. The summed E-state index contributed by atoms with van der Waals surface area (Å²) in [6.45, 7) is 8.60. The number of rotatable bonds is 10. The molecule has 0 amide bonds. The largest absolute Gasteiger partial charge is 0.319 e. The van der Waals surface area contributed by atoms with E-state index in [2.05, 4.69) is 37.1 Å². The van der Waals surface area contributed by atoms with Crippen LogP contribution in [0.25, 0.3) is 0 Å². The Hall–Kier alpha value is 0.137. The van der Waals surface area contributed by atoms with Gasteiger partial charge in [-0.3, -0.25) is 4.55 Å². The lowest BCUT2D eigenvalue weighted by Gasteiger charge is -2.12. The van der Waals surface area contributed by atoms with E-state index in [1.165, 1.54) is 4.88 Å². The van der Waals surface area contributed by atoms with Crippen LogP contribution >= 0.6 is 22.1 Å². The van der Waals surface area contributed by atoms with Crippen LogP contribution in [0.4, 0.5) is 0 Å². The van der Waals surface area contributed by atoms with E-state index in [4.69, 9.17) is 4.55 Å². The molecule has 0 unspecified atom stereocenters. The van der Waals surface area contributed by atoms with Crippen molar-refractivity contribution < 1.29 is 13.0 Å². The topological polar surface area (TPSA) is 66.4 Å². The minimum atomic E-state index is -3.89. The van der Waals surface area contributed by atoms with Crippen LogP contribution < -0.4 is 9.82 Å². The Morgan fingerprint density at radius 1 is 1.24 bits per heavy atom. The summed E-state index contributed by atoms with van der Waals surface area (Å²) in [7, 11) is -4.48. The predicted molar refractivity (Wildman–Crippen MR) is 97.1 cm³/mol. The molecule has 0 saturated carbocycles. The summed E-state index contributed by atoms with van der Waals surface area (Å²) >= 11 is 1.96. The van der Waals surface area contributed by atoms with E-state index in [1.807, 2.05) is 11.3 Å². The average molecular weight is 368 g/mol. The highest BCUT2D eigenvalue weighted by Crippen LogP contribution is 2.15. The van der Waals surface area contributed by atoms with E-state index in [9.17, 15) is 8.42 Å². The molecule has 0 fully saturated rings. The summed E-state index contributed by atoms with van der Waals surface area (Å²) in [5, 5.41) is 3.19. The maximum absolute atomic E-state index is 10.5. The molecule has 1 rings (SSSR count). The predicted octanol–water partition coefficient (Wildman–Crippen LogP) is 2.74. The number of hydrogen-bond donors (Lipinski definition) is 2. The van der Waals surface area contributed by atoms with Crippen LogP contribution in [-0.2, 0) is 15.6 Å². The zero-order chi connectivity index (χ0) is 15.9. The number of thiophene rings is 1. The molecule has 0 aromatic carbocycles. The Morgan fingerprint density at radius 3 is 2.52 bits per heavy atom. The molecule has 122 valence electrons. The van der Waals surface area contributed by atoms with Gasteiger partial charge in [-0.05, 0) is 47.2 Å². The van der Waals surface area contributed by atoms with Gasteiger partial charge < -0.3 is 5.32 Å². The van der Waals surface area contributed by atoms with Gasteiger partial charge in [0.15, 0.2) is 0 Å². The van der Waals surface area contributed by atoms with Gasteiger partial charge in [0.05, 0.1) is 8.07 Å². The van der Waals surface area contributed by atoms with Gasteiger partial charge in [0, 0.05) is 17.2 Å². The van der Waals surface area contributed by atoms with Crippen molar-refractivity contribution in [1.82, 2.24) is 5.32 Å². The smallest absolute Gasteiger partial charge is 0.316 e. The van der Waals surface area contributed by atoms with E-state index in [0.29, 0.717) is 23.1 Å². The fourth-order valence-corrected chi connectivity index (χ4v) is 6.13. The normalized spacial score (nSPS) is 12.8. The van der Waals surface area contributed by atoms with Crippen LogP contribution in [0.2, 0.25) is 19.6 Å². The second-order valence-corrected chi connectivity index (χ2v) is 16.0. The zero-order valence-corrected chi connectivity index (χ0v) is 16.3. The summed E-state index contributed by atoms with van der Waals surface area (Å²) in [6.07, 6.45) is 3.34. The number of nitrogens with one attached hydrogen (secondary N) is 1. The Labute approximate surface area is 136 Å². The minimum absolute atomic E-state index is 0.378. The molecule has 0 spiro atoms. The fraction of sp³-hybridized carbons (Fsp3) is 0.692. The summed E-state index contributed by atoms with van der Waals surface area (Å²) in [5.74, 6) is 0.378. The van der Waals surface area contributed by atoms with Crippen LogP contribution in [0.5, 0.6) is 0 Å². The first-order valence-corrected chi connectivity index (χ1v) is 14.4. The maximum Gasteiger partial charge on any atom is 0.319 e. The number of unbranched alkanes of at least 4 members (excludes halogenated alkanes) is 1. The van der Waals surface area contributed by atoms with Gasteiger partial charge in [-0.15, -0.1) is 0 Å². The van der Waals surface area contributed by atoms with Crippen LogP contribution in [0, 0.1) is 0 Å². The molecule has 0 aliphatic heterocycles. The molecule has 0 bridgehead atoms. The quantitative estimate of drug-likeness (QED) is 0.288. The minimum Gasteiger partial charge on any atom is -0.316 e. The first-order chi connectivity index (χ1) is 9.68. The number of hydrogen-bond acceptors (Lipinski definition) is 5. The van der Waals surface area contributed by atoms with Crippen molar-refractivity contribution in [2.45, 2.75) is 38.9 Å². The number of aryl methyl sites for hydroxylation is 1. The van der Waals surface area contributed by atoms with Gasteiger partial charge >= 0.3 is 9.15 Å². The Kier molecular flexibility index (Phi) is 7.94. The van der Waals surface area contributed by atoms with E-state index < -0.39 is 17.2 Å². The molecule has 1 aromatic rings. The van der Waals surface area contributed by atoms with Gasteiger partial charge in [0.1, 0.15) is 0 Å². The SMILES string of the molecule is C[Si](C)(C)c1ccc(CCCCNCCSS(=O)(=O)O)s1. The van der Waals surface area contributed by atoms with Crippen molar-refractivity contribution in [1.29, 1.82) is 0 Å². The van der Waals surface area contributed by atoms with Crippen LogP contribution in [0.1, 0.15) is 17.7 Å². The zero-order valence-electron chi connectivity index (χ0n) is 12.9. The second-order valence-electron chi connectivity index (χ2n) is 5.97. The molecule has 0 aliphatic carbocycles. The van der Waals surface area contributed by atoms with Crippen molar-refractivity contribution in [2.24, 2.45) is 0 Å². The molecule has 0 aliphatic rings. The lowest BCUT2D eigenvalue weighted by atomic mass is 10.2. The first kappa shape index (κ1) is 19.2. The molecule has 0 atom stereocenters. The summed E-state index contributed by atoms with van der Waals surface area (Å²) in [5.41, 5.74) is 0. The maximum atomic E-state index is 10.5. The molecule has 4 nitrogen and oxygen atoms in total. The standard InChI is InChI=1S/C13H25NO3S3Si/c1-21(2,3)13-8-7-12(19-13)6-4-5-9-14-10-11-18-20(15,16)17/h7-8,14H,4-6,9-11H2,1-3H3,(H,15,16,17). The molecule has 1 heterocycles. The third-order valence-corrected chi connectivity index (χ3v) is 9.75. The van der Waals surface area contributed by atoms with E-state index in [0.717, 1.165) is 25.8 Å². The van der Waals surface area contributed by atoms with Crippen molar-refractivity contribution in [3.8, 4) is 0 Å². The lowest BCUT2D eigenvalue weighted by Crippen LogP contribution is -2.34. The highest BCUT2D eigenvalue weighted by atomic mass is 33.1. The summed E-state index contributed by atoms with van der Waals surface area (Å²) < 4.78 is 31.1. The molecule has 0 saturated heterocycles. The van der Waals surface area contributed by atoms with Crippen molar-refractivity contribution >= 4 is 43.9 Å². The van der Waals surface area contributed by atoms with Gasteiger partial charge in [0.25, 0.3) is 0 Å². The van der Waals surface area contributed by atoms with E-state index >= 15 is 0 Å². The highest BCUT2D eigenvalue weighted by Gasteiger charge is 2.18. The van der Waals surface area contributed by atoms with Gasteiger partial charge in [-0.2, -0.15) is 19.8 Å². The van der Waals surface area contributed by atoms with Crippen molar-refractivity contribution in [3.63, 3.8) is 0 Å². The van der Waals surface area contributed by atoms with Gasteiger partial charge in [-0.25, -0.2) is 0 Å². The molecule has 21 heavy (non-hydrogen) atoms. The Bertz CT molecular complexity index is 523. The first-order valence-electron chi connectivity index (χ1n) is 7.10. The fourth-order valence-electron chi connectivity index (χ4n) is 1.81. The average Bonchev–Trinajstić information content (AvgIpc) is 2.79. The van der Waals surface area contributed by atoms with Crippen LogP contribution in [0.3, 0.4) is 0 Å². The van der Waals surface area contributed by atoms with E-state index in [1.54, 1.807) is 4.50 Å². The summed E-state index contributed by atoms with van der Waals surface area (Å²) in [6, 6.07) is 4.55. The van der Waals surface area contributed by atoms with Crippen LogP contribution in [-0.4, -0.2) is 39.9 Å². The molecule has 1 aromatic heterocycles. The third kappa shape index (κ3) is 8.99. The highest BCUT2D eigenvalue weighted by molar-refractivity contribution is 8.69. The van der Waals surface area contributed by atoms with Crippen LogP contribution in [0.15, 0.2) is 12.1 Å². The van der Waals surface area contributed by atoms with Gasteiger partial charge in [-0.1, -0.05) is 25.7 Å². The lowest BCUT2D eigenvalue weighted by molar-refractivity contribution is 0.503. The molecule has 8 heteroatoms. The van der Waals surface area contributed by atoms with Crippen molar-refractivity contribution in [2.75, 3.05) is 18.8 Å².